The molecular formula is C20H21N5O2. The molecule has 1 fully saturated rings. The van der Waals surface area contributed by atoms with Crippen molar-refractivity contribution in [3.63, 3.8) is 0 Å². The molecule has 27 heavy (non-hydrogen) atoms. The largest absolute Gasteiger partial charge is 0.352 e. The molecule has 0 radical (unpaired) electrons. The van der Waals surface area contributed by atoms with Crippen molar-refractivity contribution in [3.05, 3.63) is 68.5 Å². The van der Waals surface area contributed by atoms with Gasteiger partial charge in [-0.05, 0) is 49.8 Å². The van der Waals surface area contributed by atoms with Gasteiger partial charge in [0.2, 0.25) is 0 Å². The van der Waals surface area contributed by atoms with Crippen molar-refractivity contribution in [1.29, 1.82) is 0 Å². The van der Waals surface area contributed by atoms with E-state index in [-0.39, 0.29) is 17.2 Å². The van der Waals surface area contributed by atoms with Crippen LogP contribution in [0.5, 0.6) is 0 Å². The lowest BCUT2D eigenvalue weighted by molar-refractivity contribution is 0.481. The molecule has 0 N–H and O–H groups in total. The van der Waals surface area contributed by atoms with Crippen LogP contribution in [0.15, 0.2) is 46.1 Å². The van der Waals surface area contributed by atoms with Gasteiger partial charge in [0, 0.05) is 24.9 Å². The number of nitrogens with zero attached hydrogens (tertiary/aromatic N) is 5. The van der Waals surface area contributed by atoms with Crippen molar-refractivity contribution in [2.24, 2.45) is 0 Å². The summed E-state index contributed by atoms with van der Waals surface area (Å²) in [7, 11) is 0. The van der Waals surface area contributed by atoms with Gasteiger partial charge in [-0.25, -0.2) is 9.67 Å². The van der Waals surface area contributed by atoms with E-state index in [1.807, 2.05) is 18.2 Å². The van der Waals surface area contributed by atoms with E-state index in [9.17, 15) is 9.59 Å². The summed E-state index contributed by atoms with van der Waals surface area (Å²) in [4.78, 5) is 31.7. The first-order valence-electron chi connectivity index (χ1n) is 9.54. The molecule has 0 aromatic carbocycles. The lowest BCUT2D eigenvalue weighted by Crippen LogP contribution is -2.38. The normalized spacial score (nSPS) is 19.0. The highest BCUT2D eigenvalue weighted by atomic mass is 16.1. The van der Waals surface area contributed by atoms with Crippen LogP contribution in [0.1, 0.15) is 30.5 Å². The van der Waals surface area contributed by atoms with Crippen LogP contribution in [0.2, 0.25) is 0 Å². The van der Waals surface area contributed by atoms with E-state index >= 15 is 0 Å². The SMILES string of the molecule is O=c1cc2c(nn1CC1CCCN1c1cc(=O)n3ccccc3n1)CCC2. The minimum Gasteiger partial charge on any atom is -0.352 e. The average Bonchev–Trinajstić information content (AvgIpc) is 3.31. The molecule has 0 bridgehead atoms. The Morgan fingerprint density at radius 1 is 1.07 bits per heavy atom. The number of rotatable bonds is 3. The first-order valence-corrected chi connectivity index (χ1v) is 9.54. The summed E-state index contributed by atoms with van der Waals surface area (Å²) in [5.74, 6) is 0.683. The molecule has 2 aliphatic rings. The number of fused-ring (bicyclic) bond motifs is 2. The maximum absolute atomic E-state index is 12.5. The van der Waals surface area contributed by atoms with Gasteiger partial charge >= 0.3 is 0 Å². The maximum atomic E-state index is 12.5. The van der Waals surface area contributed by atoms with Crippen molar-refractivity contribution in [2.45, 2.75) is 44.7 Å². The van der Waals surface area contributed by atoms with Gasteiger partial charge in [-0.3, -0.25) is 14.0 Å². The van der Waals surface area contributed by atoms with Crippen LogP contribution in [0.4, 0.5) is 5.82 Å². The molecule has 0 spiro atoms. The number of aryl methyl sites for hydroxylation is 2. The van der Waals surface area contributed by atoms with Crippen LogP contribution in [0.3, 0.4) is 0 Å². The predicted molar refractivity (Wildman–Crippen MR) is 102 cm³/mol. The van der Waals surface area contributed by atoms with Gasteiger partial charge in [0.25, 0.3) is 11.1 Å². The predicted octanol–water partition coefficient (Wildman–Crippen LogP) is 1.41. The summed E-state index contributed by atoms with van der Waals surface area (Å²) in [6.07, 6.45) is 6.68. The van der Waals surface area contributed by atoms with Gasteiger partial charge in [-0.1, -0.05) is 6.07 Å². The topological polar surface area (TPSA) is 72.5 Å². The summed E-state index contributed by atoms with van der Waals surface area (Å²) >= 11 is 0. The van der Waals surface area contributed by atoms with Crippen molar-refractivity contribution in [3.8, 4) is 0 Å². The molecule has 1 atom stereocenters. The Kier molecular flexibility index (Phi) is 3.81. The van der Waals surface area contributed by atoms with E-state index in [1.54, 1.807) is 27.4 Å². The lowest BCUT2D eigenvalue weighted by atomic mass is 10.2. The molecule has 7 nitrogen and oxygen atoms in total. The summed E-state index contributed by atoms with van der Waals surface area (Å²) < 4.78 is 3.14. The van der Waals surface area contributed by atoms with Gasteiger partial charge in [0.05, 0.1) is 18.3 Å². The summed E-state index contributed by atoms with van der Waals surface area (Å²) in [6, 6.07) is 8.98. The maximum Gasteiger partial charge on any atom is 0.267 e. The second-order valence-corrected chi connectivity index (χ2v) is 7.36. The Morgan fingerprint density at radius 2 is 2.00 bits per heavy atom. The van der Waals surface area contributed by atoms with E-state index in [2.05, 4.69) is 15.0 Å². The molecule has 5 rings (SSSR count). The molecule has 0 saturated carbocycles. The highest BCUT2D eigenvalue weighted by molar-refractivity contribution is 5.49. The van der Waals surface area contributed by atoms with Crippen molar-refractivity contribution in [2.75, 3.05) is 11.4 Å². The van der Waals surface area contributed by atoms with E-state index in [4.69, 9.17) is 0 Å². The molecule has 3 aromatic rings. The number of hydrogen-bond acceptors (Lipinski definition) is 5. The Morgan fingerprint density at radius 3 is 2.93 bits per heavy atom. The third kappa shape index (κ3) is 2.83. The van der Waals surface area contributed by atoms with Crippen LogP contribution < -0.4 is 16.0 Å². The van der Waals surface area contributed by atoms with Crippen LogP contribution >= 0.6 is 0 Å². The average molecular weight is 363 g/mol. The number of aromatic nitrogens is 4. The second kappa shape index (κ2) is 6.33. The second-order valence-electron chi connectivity index (χ2n) is 7.36. The van der Waals surface area contributed by atoms with E-state index < -0.39 is 0 Å². The zero-order chi connectivity index (χ0) is 18.4. The minimum atomic E-state index is -0.0888. The van der Waals surface area contributed by atoms with Crippen molar-refractivity contribution < 1.29 is 0 Å². The van der Waals surface area contributed by atoms with Crippen LogP contribution in [0, 0.1) is 0 Å². The van der Waals surface area contributed by atoms with Crippen LogP contribution in [-0.2, 0) is 19.4 Å². The molecule has 1 saturated heterocycles. The van der Waals surface area contributed by atoms with E-state index in [0.717, 1.165) is 49.9 Å². The summed E-state index contributed by atoms with van der Waals surface area (Å²) in [6.45, 7) is 1.36. The Balaban J connectivity index is 1.48. The van der Waals surface area contributed by atoms with Gasteiger partial charge < -0.3 is 4.90 Å². The summed E-state index contributed by atoms with van der Waals surface area (Å²) in [5.41, 5.74) is 2.67. The molecule has 1 unspecified atom stereocenters. The van der Waals surface area contributed by atoms with E-state index in [1.165, 1.54) is 0 Å². The van der Waals surface area contributed by atoms with Crippen LogP contribution in [0.25, 0.3) is 5.65 Å². The fourth-order valence-corrected chi connectivity index (χ4v) is 4.29. The highest BCUT2D eigenvalue weighted by Gasteiger charge is 2.28. The smallest absolute Gasteiger partial charge is 0.267 e. The Labute approximate surface area is 155 Å². The van der Waals surface area contributed by atoms with Crippen molar-refractivity contribution in [1.82, 2.24) is 19.2 Å². The Bertz CT molecular complexity index is 1130. The molecular weight excluding hydrogens is 342 g/mol. The quantitative estimate of drug-likeness (QED) is 0.704. The number of hydrogen-bond donors (Lipinski definition) is 0. The molecule has 4 heterocycles. The zero-order valence-electron chi connectivity index (χ0n) is 15.0. The standard InChI is InChI=1S/C20H21N5O2/c26-19-12-18(21-17-8-1-2-9-24(17)19)23-10-4-6-15(23)13-25-20(27)11-14-5-3-7-16(14)22-25/h1-2,8-9,11-12,15H,3-7,10,13H2. The third-order valence-electron chi connectivity index (χ3n) is 5.64. The fraction of sp³-hybridized carbons (Fsp3) is 0.400. The molecule has 3 aromatic heterocycles. The fourth-order valence-electron chi connectivity index (χ4n) is 4.29. The van der Waals surface area contributed by atoms with Gasteiger partial charge in [0.1, 0.15) is 11.5 Å². The molecule has 138 valence electrons. The molecule has 7 heteroatoms. The number of anilines is 1. The Hall–Kier alpha value is -2.96. The van der Waals surface area contributed by atoms with Gasteiger partial charge in [-0.2, -0.15) is 5.10 Å². The first-order chi connectivity index (χ1) is 13.2. The molecule has 1 aliphatic carbocycles. The third-order valence-corrected chi connectivity index (χ3v) is 5.64. The van der Waals surface area contributed by atoms with Crippen molar-refractivity contribution >= 4 is 11.5 Å². The van der Waals surface area contributed by atoms with Gasteiger partial charge in [-0.15, -0.1) is 0 Å². The lowest BCUT2D eigenvalue weighted by Gasteiger charge is -2.26. The summed E-state index contributed by atoms with van der Waals surface area (Å²) in [5, 5.41) is 4.60. The minimum absolute atomic E-state index is 0.0333. The van der Waals surface area contributed by atoms with Crippen LogP contribution in [-0.4, -0.2) is 31.8 Å². The molecule has 0 amide bonds. The highest BCUT2D eigenvalue weighted by Crippen LogP contribution is 2.24. The van der Waals surface area contributed by atoms with Gasteiger partial charge in [0.15, 0.2) is 0 Å². The number of pyridine rings is 1. The zero-order valence-corrected chi connectivity index (χ0v) is 15.0. The first kappa shape index (κ1) is 16.2. The van der Waals surface area contributed by atoms with E-state index in [0.29, 0.717) is 18.0 Å². The molecule has 1 aliphatic heterocycles. The monoisotopic (exact) mass is 363 g/mol.